The van der Waals surface area contributed by atoms with Gasteiger partial charge in [0.25, 0.3) is 20.2 Å². The number of hydrogen-bond acceptors (Lipinski definition) is 9. The summed E-state index contributed by atoms with van der Waals surface area (Å²) in [6, 6.07) is 18.5. The number of azo groups is 2. The highest BCUT2D eigenvalue weighted by molar-refractivity contribution is 7.86. The molecule has 0 aliphatic rings. The maximum atomic E-state index is 11.8. The largest absolute Gasteiger partial charge is 0.506 e. The first-order valence-corrected chi connectivity index (χ1v) is 12.6. The van der Waals surface area contributed by atoms with E-state index in [2.05, 4.69) is 20.5 Å². The van der Waals surface area contributed by atoms with Gasteiger partial charge in [-0.1, -0.05) is 18.2 Å². The van der Waals surface area contributed by atoms with Crippen molar-refractivity contribution < 1.29 is 31.0 Å². The number of aromatic hydroxyl groups is 1. The molecule has 0 aliphatic carbocycles. The quantitative estimate of drug-likeness (QED) is 0.213. The minimum atomic E-state index is -4.57. The molecule has 0 atom stereocenters. The molecule has 13 heteroatoms. The maximum Gasteiger partial charge on any atom is 0.295 e. The first kappa shape index (κ1) is 24.1. The molecule has 0 amide bonds. The van der Waals surface area contributed by atoms with Gasteiger partial charge in [0.2, 0.25) is 0 Å². The molecule has 35 heavy (non-hydrogen) atoms. The lowest BCUT2D eigenvalue weighted by molar-refractivity contribution is 0.476. The van der Waals surface area contributed by atoms with Crippen molar-refractivity contribution in [1.82, 2.24) is 0 Å². The van der Waals surface area contributed by atoms with Crippen LogP contribution in [-0.4, -0.2) is 31.0 Å². The lowest BCUT2D eigenvalue weighted by Gasteiger charge is -2.08. The molecule has 0 aliphatic heterocycles. The Kier molecular flexibility index (Phi) is 6.41. The minimum absolute atomic E-state index is 0.0317. The Bertz CT molecular complexity index is 1680. The van der Waals surface area contributed by atoms with E-state index in [9.17, 15) is 26.5 Å². The Morgan fingerprint density at radius 2 is 1.09 bits per heavy atom. The average molecular weight is 513 g/mol. The second-order valence-electron chi connectivity index (χ2n) is 7.15. The smallest absolute Gasteiger partial charge is 0.295 e. The van der Waals surface area contributed by atoms with Crippen molar-refractivity contribution >= 4 is 53.8 Å². The molecule has 0 unspecified atom stereocenters. The van der Waals surface area contributed by atoms with Gasteiger partial charge in [-0.3, -0.25) is 9.11 Å². The van der Waals surface area contributed by atoms with Gasteiger partial charge in [0.1, 0.15) is 16.3 Å². The van der Waals surface area contributed by atoms with Gasteiger partial charge >= 0.3 is 0 Å². The maximum absolute atomic E-state index is 11.8. The van der Waals surface area contributed by atoms with Crippen LogP contribution >= 0.6 is 0 Å². The number of phenolic OH excluding ortho intramolecular Hbond substituents is 1. The van der Waals surface area contributed by atoms with Gasteiger partial charge < -0.3 is 5.11 Å². The summed E-state index contributed by atoms with van der Waals surface area (Å²) in [5.74, 6) is -0.317. The molecule has 0 heterocycles. The molecule has 0 radical (unpaired) electrons. The van der Waals surface area contributed by atoms with E-state index in [1.165, 1.54) is 48.5 Å². The summed E-state index contributed by atoms with van der Waals surface area (Å²) in [5, 5.41) is 26.8. The molecule has 4 aromatic rings. The van der Waals surface area contributed by atoms with Crippen LogP contribution < -0.4 is 0 Å². The topological polar surface area (TPSA) is 178 Å². The molecule has 4 rings (SSSR count). The van der Waals surface area contributed by atoms with Crippen LogP contribution in [0.4, 0.5) is 22.7 Å². The van der Waals surface area contributed by atoms with Crippen LogP contribution in [0.25, 0.3) is 10.8 Å². The van der Waals surface area contributed by atoms with E-state index in [0.29, 0.717) is 22.4 Å². The first-order chi connectivity index (χ1) is 16.5. The molecular weight excluding hydrogens is 496 g/mol. The molecule has 178 valence electrons. The van der Waals surface area contributed by atoms with Crippen LogP contribution in [0.1, 0.15) is 0 Å². The Hall–Kier alpha value is -4.04. The summed E-state index contributed by atoms with van der Waals surface area (Å²) in [6.45, 7) is 0. The predicted molar refractivity (Wildman–Crippen MR) is 126 cm³/mol. The third kappa shape index (κ3) is 5.55. The third-order valence-electron chi connectivity index (χ3n) is 4.77. The van der Waals surface area contributed by atoms with Gasteiger partial charge in [0, 0.05) is 5.39 Å². The number of nitrogens with zero attached hydrogens (tertiary/aromatic N) is 4. The molecule has 0 spiro atoms. The van der Waals surface area contributed by atoms with Crippen LogP contribution in [0.3, 0.4) is 0 Å². The van der Waals surface area contributed by atoms with Crippen LogP contribution in [0, 0.1) is 0 Å². The fraction of sp³-hybridized carbons (Fsp3) is 0. The standard InChI is InChI=1S/C22H16N4O7S2/c27-19-13-4-14-2-1-3-20(35(31,32)33)21(14)22(19)26-25-16-7-5-15(6-8-16)23-24-17-9-11-18(12-10-17)34(28,29)30/h1-13,27H,(H,28,29,30)(H,31,32,33). The molecule has 3 N–H and O–H groups in total. The Morgan fingerprint density at radius 3 is 1.60 bits per heavy atom. The summed E-state index contributed by atoms with van der Waals surface area (Å²) in [4.78, 5) is -0.660. The van der Waals surface area contributed by atoms with Crippen molar-refractivity contribution in [3.05, 3.63) is 78.9 Å². The van der Waals surface area contributed by atoms with Crippen molar-refractivity contribution in [2.45, 2.75) is 9.79 Å². The number of fused-ring (bicyclic) bond motifs is 1. The number of rotatable bonds is 6. The van der Waals surface area contributed by atoms with Crippen LogP contribution in [0.5, 0.6) is 5.75 Å². The zero-order chi connectivity index (χ0) is 25.2. The summed E-state index contributed by atoms with van der Waals surface area (Å²) in [5.41, 5.74) is 1.06. The first-order valence-electron chi connectivity index (χ1n) is 9.76. The third-order valence-corrected chi connectivity index (χ3v) is 6.53. The Morgan fingerprint density at radius 1 is 0.571 bits per heavy atom. The number of phenols is 1. The molecule has 4 aromatic carbocycles. The van der Waals surface area contributed by atoms with E-state index in [1.807, 2.05) is 0 Å². The highest BCUT2D eigenvalue weighted by Gasteiger charge is 2.19. The van der Waals surface area contributed by atoms with Gasteiger partial charge in [0.05, 0.1) is 22.0 Å². The molecule has 11 nitrogen and oxygen atoms in total. The van der Waals surface area contributed by atoms with Crippen LogP contribution in [-0.2, 0) is 20.2 Å². The average Bonchev–Trinajstić information content (AvgIpc) is 2.81. The lowest BCUT2D eigenvalue weighted by Crippen LogP contribution is -1.99. The monoisotopic (exact) mass is 512 g/mol. The second kappa shape index (κ2) is 9.31. The highest BCUT2D eigenvalue weighted by Crippen LogP contribution is 2.39. The fourth-order valence-corrected chi connectivity index (χ4v) is 4.33. The Labute approximate surface area is 199 Å². The zero-order valence-corrected chi connectivity index (χ0v) is 19.2. The summed E-state index contributed by atoms with van der Waals surface area (Å²) < 4.78 is 64.3. The van der Waals surface area contributed by atoms with Crippen molar-refractivity contribution in [1.29, 1.82) is 0 Å². The van der Waals surface area contributed by atoms with Gasteiger partial charge in [-0.2, -0.15) is 32.2 Å². The van der Waals surface area contributed by atoms with E-state index < -0.39 is 25.1 Å². The van der Waals surface area contributed by atoms with E-state index in [0.717, 1.165) is 0 Å². The van der Waals surface area contributed by atoms with Gasteiger partial charge in [-0.05, 0) is 66.0 Å². The van der Waals surface area contributed by atoms with Gasteiger partial charge in [-0.25, -0.2) is 0 Å². The fourth-order valence-electron chi connectivity index (χ4n) is 3.13. The van der Waals surface area contributed by atoms with E-state index in [1.54, 1.807) is 30.3 Å². The summed E-state index contributed by atoms with van der Waals surface area (Å²) in [7, 11) is -8.87. The molecular formula is C22H16N4O7S2. The van der Waals surface area contributed by atoms with Crippen molar-refractivity contribution in [3.8, 4) is 5.75 Å². The summed E-state index contributed by atoms with van der Waals surface area (Å²) >= 11 is 0. The van der Waals surface area contributed by atoms with Crippen LogP contribution in [0.15, 0.2) is 109 Å². The SMILES string of the molecule is O=S(=O)(O)c1ccc(N=Nc2ccc(N=Nc3c(O)ccc4cccc(S(=O)(=O)O)c34)cc2)cc1. The van der Waals surface area contributed by atoms with Crippen LogP contribution in [0.2, 0.25) is 0 Å². The van der Waals surface area contributed by atoms with Gasteiger partial charge in [-0.15, -0.1) is 5.11 Å². The molecule has 0 saturated carbocycles. The van der Waals surface area contributed by atoms with E-state index in [-0.39, 0.29) is 21.7 Å². The van der Waals surface area contributed by atoms with Crippen molar-refractivity contribution in [2.75, 3.05) is 0 Å². The summed E-state index contributed by atoms with van der Waals surface area (Å²) in [6.07, 6.45) is 0. The zero-order valence-electron chi connectivity index (χ0n) is 17.6. The predicted octanol–water partition coefficient (Wildman–Crippen LogP) is 5.87. The number of benzene rings is 4. The van der Waals surface area contributed by atoms with Crippen molar-refractivity contribution in [2.24, 2.45) is 20.5 Å². The van der Waals surface area contributed by atoms with E-state index >= 15 is 0 Å². The highest BCUT2D eigenvalue weighted by atomic mass is 32.2. The number of hydrogen-bond donors (Lipinski definition) is 3. The minimum Gasteiger partial charge on any atom is -0.506 e. The molecule has 0 bridgehead atoms. The van der Waals surface area contributed by atoms with E-state index in [4.69, 9.17) is 4.55 Å². The second-order valence-corrected chi connectivity index (χ2v) is 9.96. The molecule has 0 saturated heterocycles. The lowest BCUT2D eigenvalue weighted by atomic mass is 10.1. The van der Waals surface area contributed by atoms with Crippen molar-refractivity contribution in [3.63, 3.8) is 0 Å². The Balaban J connectivity index is 1.59. The molecule has 0 aromatic heterocycles. The normalized spacial score (nSPS) is 12.6. The molecule has 0 fully saturated rings. The van der Waals surface area contributed by atoms with Gasteiger partial charge in [0.15, 0.2) is 0 Å².